The summed E-state index contributed by atoms with van der Waals surface area (Å²) >= 11 is 0. The van der Waals surface area contributed by atoms with Gasteiger partial charge in [0.15, 0.2) is 11.6 Å². The molecular weight excluding hydrogens is 202 g/mol. The number of hydrogen-bond donors (Lipinski definition) is 0. The van der Waals surface area contributed by atoms with Crippen molar-refractivity contribution < 1.29 is 21.4 Å². The van der Waals surface area contributed by atoms with E-state index < -0.39 is 26.6 Å². The molecule has 1 aromatic rings. The van der Waals surface area contributed by atoms with Gasteiger partial charge in [0.05, 0.1) is 12.0 Å². The van der Waals surface area contributed by atoms with Gasteiger partial charge >= 0.3 is 0 Å². The van der Waals surface area contributed by atoms with Crippen LogP contribution in [0.5, 0.6) is 0 Å². The molecule has 0 bridgehead atoms. The van der Waals surface area contributed by atoms with E-state index in [0.717, 1.165) is 19.2 Å². The Bertz CT molecular complexity index is 414. The molecule has 1 rings (SSSR count). The molecule has 0 saturated heterocycles. The first-order chi connectivity index (χ1) is 5.97. The minimum absolute atomic E-state index is 0.408. The van der Waals surface area contributed by atoms with Crippen LogP contribution in [0.2, 0.25) is 0 Å². The van der Waals surface area contributed by atoms with Crippen molar-refractivity contribution in [3.63, 3.8) is 0 Å². The lowest BCUT2D eigenvalue weighted by Crippen LogP contribution is -2.03. The highest BCUT2D eigenvalue weighted by Gasteiger charge is 2.15. The standard InChI is InChI=1S/C7H6F2O3S/c1-12-13(10,11)5-2-3-6(8)7(9)4-5/h2-4H,1H3. The molecule has 0 atom stereocenters. The lowest BCUT2D eigenvalue weighted by molar-refractivity contribution is 0.396. The molecule has 13 heavy (non-hydrogen) atoms. The van der Waals surface area contributed by atoms with Crippen LogP contribution in [0.15, 0.2) is 23.1 Å². The van der Waals surface area contributed by atoms with Crippen LogP contribution in [-0.2, 0) is 14.3 Å². The third-order valence-electron chi connectivity index (χ3n) is 1.40. The van der Waals surface area contributed by atoms with Gasteiger partial charge in [0, 0.05) is 0 Å². The van der Waals surface area contributed by atoms with E-state index in [2.05, 4.69) is 4.18 Å². The third-order valence-corrected chi connectivity index (χ3v) is 2.67. The Morgan fingerprint density at radius 1 is 1.23 bits per heavy atom. The van der Waals surface area contributed by atoms with Gasteiger partial charge in [0.1, 0.15) is 0 Å². The molecule has 6 heteroatoms. The van der Waals surface area contributed by atoms with Crippen LogP contribution in [0.25, 0.3) is 0 Å². The second kappa shape index (κ2) is 3.39. The van der Waals surface area contributed by atoms with Crippen LogP contribution in [0.3, 0.4) is 0 Å². The Hall–Kier alpha value is -1.01. The summed E-state index contributed by atoms with van der Waals surface area (Å²) in [7, 11) is -3.00. The van der Waals surface area contributed by atoms with Gasteiger partial charge < -0.3 is 0 Å². The fraction of sp³-hybridized carbons (Fsp3) is 0.143. The zero-order valence-corrected chi connectivity index (χ0v) is 7.44. The predicted octanol–water partition coefficient (Wildman–Crippen LogP) is 1.30. The average Bonchev–Trinajstić information content (AvgIpc) is 2.09. The highest BCUT2D eigenvalue weighted by molar-refractivity contribution is 7.86. The first-order valence-electron chi connectivity index (χ1n) is 3.23. The quantitative estimate of drug-likeness (QED) is 0.688. The van der Waals surface area contributed by atoms with Crippen molar-refractivity contribution in [3.05, 3.63) is 29.8 Å². The lowest BCUT2D eigenvalue weighted by atomic mass is 10.3. The Morgan fingerprint density at radius 2 is 1.85 bits per heavy atom. The van der Waals surface area contributed by atoms with E-state index in [-0.39, 0.29) is 0 Å². The fourth-order valence-electron chi connectivity index (χ4n) is 0.729. The highest BCUT2D eigenvalue weighted by Crippen LogP contribution is 2.14. The monoisotopic (exact) mass is 208 g/mol. The smallest absolute Gasteiger partial charge is 0.270 e. The Balaban J connectivity index is 3.27. The zero-order chi connectivity index (χ0) is 10.1. The summed E-state index contributed by atoms with van der Waals surface area (Å²) in [6.45, 7) is 0. The molecule has 0 aliphatic heterocycles. The molecule has 0 heterocycles. The largest absolute Gasteiger partial charge is 0.296 e. The van der Waals surface area contributed by atoms with Crippen molar-refractivity contribution in [2.45, 2.75) is 4.90 Å². The Kier molecular flexibility index (Phi) is 2.63. The molecule has 0 N–H and O–H groups in total. The first-order valence-corrected chi connectivity index (χ1v) is 4.64. The van der Waals surface area contributed by atoms with Crippen LogP contribution < -0.4 is 0 Å². The van der Waals surface area contributed by atoms with Crippen LogP contribution in [0.4, 0.5) is 8.78 Å². The van der Waals surface area contributed by atoms with Gasteiger partial charge in [-0.05, 0) is 18.2 Å². The topological polar surface area (TPSA) is 43.4 Å². The van der Waals surface area contributed by atoms with E-state index in [9.17, 15) is 17.2 Å². The second-order valence-electron chi connectivity index (χ2n) is 2.20. The Morgan fingerprint density at radius 3 is 2.31 bits per heavy atom. The molecule has 0 saturated carbocycles. The highest BCUT2D eigenvalue weighted by atomic mass is 32.2. The number of benzene rings is 1. The van der Waals surface area contributed by atoms with E-state index in [0.29, 0.717) is 6.07 Å². The molecule has 0 radical (unpaired) electrons. The molecule has 0 aliphatic rings. The van der Waals surface area contributed by atoms with Crippen LogP contribution >= 0.6 is 0 Å². The number of hydrogen-bond acceptors (Lipinski definition) is 3. The van der Waals surface area contributed by atoms with Crippen molar-refractivity contribution in [2.75, 3.05) is 7.11 Å². The third kappa shape index (κ3) is 2.02. The van der Waals surface area contributed by atoms with E-state index in [1.54, 1.807) is 0 Å². The summed E-state index contributed by atoms with van der Waals surface area (Å²) in [5.74, 6) is -2.33. The van der Waals surface area contributed by atoms with Gasteiger partial charge in [-0.2, -0.15) is 8.42 Å². The van der Waals surface area contributed by atoms with Crippen LogP contribution in [0.1, 0.15) is 0 Å². The molecule has 0 amide bonds. The summed E-state index contributed by atoms with van der Waals surface area (Å²) in [6, 6.07) is 2.21. The van der Waals surface area contributed by atoms with E-state index in [4.69, 9.17) is 0 Å². The molecule has 0 spiro atoms. The lowest BCUT2D eigenvalue weighted by Gasteiger charge is -2.00. The van der Waals surface area contributed by atoms with E-state index in [1.165, 1.54) is 0 Å². The first kappa shape index (κ1) is 10.1. The molecular formula is C7H6F2O3S. The maximum Gasteiger partial charge on any atom is 0.296 e. The summed E-state index contributed by atoms with van der Waals surface area (Å²) in [4.78, 5) is -0.408. The van der Waals surface area contributed by atoms with Crippen molar-refractivity contribution in [1.29, 1.82) is 0 Å². The molecule has 0 aromatic heterocycles. The van der Waals surface area contributed by atoms with Gasteiger partial charge in [-0.3, -0.25) is 4.18 Å². The summed E-state index contributed by atoms with van der Waals surface area (Å²) < 4.78 is 50.9. The van der Waals surface area contributed by atoms with Crippen molar-refractivity contribution in [3.8, 4) is 0 Å². The number of halogens is 2. The predicted molar refractivity (Wildman–Crippen MR) is 40.6 cm³/mol. The summed E-state index contributed by atoms with van der Waals surface area (Å²) in [6.07, 6.45) is 0. The second-order valence-corrected chi connectivity index (χ2v) is 3.91. The van der Waals surface area contributed by atoms with Gasteiger partial charge in [-0.1, -0.05) is 0 Å². The van der Waals surface area contributed by atoms with E-state index >= 15 is 0 Å². The minimum atomic E-state index is -3.94. The van der Waals surface area contributed by atoms with Gasteiger partial charge in [-0.15, -0.1) is 0 Å². The van der Waals surface area contributed by atoms with Crippen molar-refractivity contribution in [1.82, 2.24) is 0 Å². The molecule has 0 fully saturated rings. The maximum atomic E-state index is 12.6. The Labute approximate surface area is 74.1 Å². The van der Waals surface area contributed by atoms with Gasteiger partial charge in [-0.25, -0.2) is 8.78 Å². The number of rotatable bonds is 2. The fourth-order valence-corrected chi connectivity index (χ4v) is 1.40. The average molecular weight is 208 g/mol. The van der Waals surface area contributed by atoms with Crippen molar-refractivity contribution in [2.24, 2.45) is 0 Å². The summed E-state index contributed by atoms with van der Waals surface area (Å²) in [5.41, 5.74) is 0. The van der Waals surface area contributed by atoms with E-state index in [1.807, 2.05) is 0 Å². The maximum absolute atomic E-state index is 12.6. The van der Waals surface area contributed by atoms with Crippen LogP contribution in [0, 0.1) is 11.6 Å². The molecule has 3 nitrogen and oxygen atoms in total. The van der Waals surface area contributed by atoms with Crippen molar-refractivity contribution >= 4 is 10.1 Å². The molecule has 0 unspecified atom stereocenters. The SMILES string of the molecule is COS(=O)(=O)c1ccc(F)c(F)c1. The van der Waals surface area contributed by atoms with Gasteiger partial charge in [0.25, 0.3) is 10.1 Å². The normalized spacial score (nSPS) is 11.6. The molecule has 0 aliphatic carbocycles. The van der Waals surface area contributed by atoms with Crippen LogP contribution in [-0.4, -0.2) is 15.5 Å². The molecule has 72 valence electrons. The zero-order valence-electron chi connectivity index (χ0n) is 6.62. The minimum Gasteiger partial charge on any atom is -0.270 e. The summed E-state index contributed by atoms with van der Waals surface area (Å²) in [5, 5.41) is 0. The van der Waals surface area contributed by atoms with Gasteiger partial charge in [0.2, 0.25) is 0 Å². The molecule has 1 aromatic carbocycles.